The minimum Gasteiger partial charge on any atom is -0.496 e. The first-order chi connectivity index (χ1) is 9.13. The van der Waals surface area contributed by atoms with Crippen LogP contribution in [0.15, 0.2) is 18.3 Å². The van der Waals surface area contributed by atoms with Crippen molar-refractivity contribution < 1.29 is 9.47 Å². The number of methoxy groups -OCH3 is 2. The second-order valence-electron chi connectivity index (χ2n) is 4.43. The zero-order valence-corrected chi connectivity index (χ0v) is 11.5. The summed E-state index contributed by atoms with van der Waals surface area (Å²) in [5.74, 6) is 2.20. The van der Waals surface area contributed by atoms with Gasteiger partial charge in [0.25, 0.3) is 0 Å². The van der Waals surface area contributed by atoms with Gasteiger partial charge in [-0.1, -0.05) is 0 Å². The fraction of sp³-hybridized carbons (Fsp3) is 0.357. The third-order valence-corrected chi connectivity index (χ3v) is 3.11. The molecule has 0 amide bonds. The first-order valence-corrected chi connectivity index (χ1v) is 6.15. The average Bonchev–Trinajstić information content (AvgIpc) is 2.82. The highest BCUT2D eigenvalue weighted by Gasteiger charge is 2.09. The third kappa shape index (κ3) is 2.99. The molecule has 0 atom stereocenters. The Morgan fingerprint density at radius 2 is 1.89 bits per heavy atom. The standard InChI is InChI=1S/C14H19N3O2/c1-9-6-13(19-3)10(7-12(9)18-2)4-5-11-8-16-14(15)17-11/h6-8H,4-5H2,1-3H3,(H3,15,16,17). The fourth-order valence-corrected chi connectivity index (χ4v) is 2.08. The van der Waals surface area contributed by atoms with E-state index in [1.54, 1.807) is 20.4 Å². The number of hydrogen-bond donors (Lipinski definition) is 2. The number of aromatic nitrogens is 2. The summed E-state index contributed by atoms with van der Waals surface area (Å²) in [4.78, 5) is 7.00. The number of hydrogen-bond acceptors (Lipinski definition) is 4. The SMILES string of the molecule is COc1cc(CCc2cnc(N)[nH]2)c(OC)cc1C. The van der Waals surface area contributed by atoms with Gasteiger partial charge in [-0.2, -0.15) is 0 Å². The Bertz CT molecular complexity index is 564. The lowest BCUT2D eigenvalue weighted by Crippen LogP contribution is -1.99. The molecule has 0 aliphatic rings. The van der Waals surface area contributed by atoms with Crippen molar-refractivity contribution in [1.82, 2.24) is 9.97 Å². The van der Waals surface area contributed by atoms with Crippen molar-refractivity contribution in [3.8, 4) is 11.5 Å². The number of anilines is 1. The van der Waals surface area contributed by atoms with Gasteiger partial charge in [0.05, 0.1) is 20.4 Å². The van der Waals surface area contributed by atoms with Crippen molar-refractivity contribution in [3.05, 3.63) is 35.2 Å². The lowest BCUT2D eigenvalue weighted by Gasteiger charge is -2.12. The summed E-state index contributed by atoms with van der Waals surface area (Å²) in [5.41, 5.74) is 8.74. The van der Waals surface area contributed by atoms with E-state index in [1.165, 1.54) is 0 Å². The number of nitrogens with one attached hydrogen (secondary N) is 1. The highest BCUT2D eigenvalue weighted by molar-refractivity contribution is 5.46. The van der Waals surface area contributed by atoms with Gasteiger partial charge >= 0.3 is 0 Å². The van der Waals surface area contributed by atoms with Crippen LogP contribution >= 0.6 is 0 Å². The first-order valence-electron chi connectivity index (χ1n) is 6.15. The molecule has 1 aromatic carbocycles. The molecule has 0 saturated carbocycles. The number of benzene rings is 1. The van der Waals surface area contributed by atoms with Gasteiger partial charge in [0, 0.05) is 5.69 Å². The largest absolute Gasteiger partial charge is 0.496 e. The molecule has 3 N–H and O–H groups in total. The number of ether oxygens (including phenoxy) is 2. The van der Waals surface area contributed by atoms with Crippen LogP contribution in [0.4, 0.5) is 5.95 Å². The van der Waals surface area contributed by atoms with Gasteiger partial charge in [0.15, 0.2) is 5.95 Å². The van der Waals surface area contributed by atoms with E-state index >= 15 is 0 Å². The molecule has 0 fully saturated rings. The molecule has 1 heterocycles. The van der Waals surface area contributed by atoms with Gasteiger partial charge in [-0.05, 0) is 43.0 Å². The molecule has 5 heteroatoms. The lowest BCUT2D eigenvalue weighted by atomic mass is 10.0. The summed E-state index contributed by atoms with van der Waals surface area (Å²) in [6, 6.07) is 4.02. The highest BCUT2D eigenvalue weighted by atomic mass is 16.5. The van der Waals surface area contributed by atoms with Gasteiger partial charge in [-0.3, -0.25) is 0 Å². The summed E-state index contributed by atoms with van der Waals surface area (Å²) in [6.07, 6.45) is 3.42. The smallest absolute Gasteiger partial charge is 0.197 e. The average molecular weight is 261 g/mol. The molecular formula is C14H19N3O2. The molecule has 0 bridgehead atoms. The van der Waals surface area contributed by atoms with Gasteiger partial charge < -0.3 is 20.2 Å². The topological polar surface area (TPSA) is 73.2 Å². The van der Waals surface area contributed by atoms with E-state index in [0.717, 1.165) is 41.2 Å². The van der Waals surface area contributed by atoms with E-state index in [0.29, 0.717) is 5.95 Å². The Kier molecular flexibility index (Phi) is 3.94. The summed E-state index contributed by atoms with van der Waals surface area (Å²) in [7, 11) is 3.35. The van der Waals surface area contributed by atoms with Crippen molar-refractivity contribution in [2.45, 2.75) is 19.8 Å². The van der Waals surface area contributed by atoms with Gasteiger partial charge in [-0.15, -0.1) is 0 Å². The van der Waals surface area contributed by atoms with Crippen LogP contribution in [0, 0.1) is 6.92 Å². The molecule has 2 rings (SSSR count). The number of H-pyrrole nitrogens is 1. The van der Waals surface area contributed by atoms with E-state index in [2.05, 4.69) is 9.97 Å². The summed E-state index contributed by atoms with van der Waals surface area (Å²) >= 11 is 0. The van der Waals surface area contributed by atoms with Crippen LogP contribution in [-0.2, 0) is 12.8 Å². The molecule has 0 radical (unpaired) electrons. The lowest BCUT2D eigenvalue weighted by molar-refractivity contribution is 0.396. The molecule has 1 aromatic heterocycles. The molecule has 0 saturated heterocycles. The fourth-order valence-electron chi connectivity index (χ4n) is 2.08. The van der Waals surface area contributed by atoms with Crippen LogP contribution in [0.2, 0.25) is 0 Å². The summed E-state index contributed by atoms with van der Waals surface area (Å²) < 4.78 is 10.8. The van der Waals surface area contributed by atoms with E-state index in [1.807, 2.05) is 19.1 Å². The normalized spacial score (nSPS) is 10.5. The van der Waals surface area contributed by atoms with Gasteiger partial charge in [0.2, 0.25) is 0 Å². The first kappa shape index (κ1) is 13.3. The van der Waals surface area contributed by atoms with Crippen LogP contribution in [0.3, 0.4) is 0 Å². The number of nitrogens with zero attached hydrogens (tertiary/aromatic N) is 1. The minimum absolute atomic E-state index is 0.448. The van der Waals surface area contributed by atoms with E-state index in [9.17, 15) is 0 Å². The second-order valence-corrected chi connectivity index (χ2v) is 4.43. The second kappa shape index (κ2) is 5.65. The molecule has 102 valence electrons. The summed E-state index contributed by atoms with van der Waals surface area (Å²) in [5, 5.41) is 0. The quantitative estimate of drug-likeness (QED) is 0.864. The van der Waals surface area contributed by atoms with Crippen LogP contribution < -0.4 is 15.2 Å². The molecule has 0 aliphatic heterocycles. The highest BCUT2D eigenvalue weighted by Crippen LogP contribution is 2.29. The van der Waals surface area contributed by atoms with Crippen molar-refractivity contribution >= 4 is 5.95 Å². The summed E-state index contributed by atoms with van der Waals surface area (Å²) in [6.45, 7) is 2.00. The number of rotatable bonds is 5. The van der Waals surface area contributed by atoms with Crippen molar-refractivity contribution in [2.75, 3.05) is 20.0 Å². The Balaban J connectivity index is 2.18. The zero-order valence-electron chi connectivity index (χ0n) is 11.5. The van der Waals surface area contributed by atoms with E-state index in [4.69, 9.17) is 15.2 Å². The van der Waals surface area contributed by atoms with Crippen LogP contribution in [0.25, 0.3) is 0 Å². The number of imidazole rings is 1. The number of nitrogen functional groups attached to an aromatic ring is 1. The van der Waals surface area contributed by atoms with Crippen molar-refractivity contribution in [1.29, 1.82) is 0 Å². The van der Waals surface area contributed by atoms with Crippen molar-refractivity contribution in [3.63, 3.8) is 0 Å². The monoisotopic (exact) mass is 261 g/mol. The molecule has 19 heavy (non-hydrogen) atoms. The van der Waals surface area contributed by atoms with Crippen LogP contribution in [0.5, 0.6) is 11.5 Å². The Morgan fingerprint density at radius 1 is 1.16 bits per heavy atom. The minimum atomic E-state index is 0.448. The van der Waals surface area contributed by atoms with E-state index < -0.39 is 0 Å². The predicted octanol–water partition coefficient (Wildman–Crippen LogP) is 2.10. The maximum atomic E-state index is 5.56. The molecule has 0 aliphatic carbocycles. The molecule has 2 aromatic rings. The molecule has 5 nitrogen and oxygen atoms in total. The molecule has 0 unspecified atom stereocenters. The Labute approximate surface area is 112 Å². The Morgan fingerprint density at radius 3 is 2.47 bits per heavy atom. The molecule has 0 spiro atoms. The van der Waals surface area contributed by atoms with E-state index in [-0.39, 0.29) is 0 Å². The molecular weight excluding hydrogens is 242 g/mol. The van der Waals surface area contributed by atoms with Crippen LogP contribution in [0.1, 0.15) is 16.8 Å². The van der Waals surface area contributed by atoms with Gasteiger partial charge in [0.1, 0.15) is 11.5 Å². The van der Waals surface area contributed by atoms with Crippen LogP contribution in [-0.4, -0.2) is 24.2 Å². The Hall–Kier alpha value is -2.17. The maximum Gasteiger partial charge on any atom is 0.197 e. The predicted molar refractivity (Wildman–Crippen MR) is 74.7 cm³/mol. The number of nitrogens with two attached hydrogens (primary N) is 1. The van der Waals surface area contributed by atoms with Crippen molar-refractivity contribution in [2.24, 2.45) is 0 Å². The van der Waals surface area contributed by atoms with Gasteiger partial charge in [-0.25, -0.2) is 4.98 Å². The number of aromatic amines is 1. The third-order valence-electron chi connectivity index (χ3n) is 3.11. The maximum absolute atomic E-state index is 5.56. The zero-order chi connectivity index (χ0) is 13.8. The number of aryl methyl sites for hydroxylation is 3.